The summed E-state index contributed by atoms with van der Waals surface area (Å²) in [7, 11) is -3.27. The van der Waals surface area contributed by atoms with Crippen LogP contribution in [0.25, 0.3) is 0 Å². The van der Waals surface area contributed by atoms with Crippen molar-refractivity contribution in [2.75, 3.05) is 30.8 Å². The summed E-state index contributed by atoms with van der Waals surface area (Å²) in [6.45, 7) is 2.44. The molecule has 24 heavy (non-hydrogen) atoms. The van der Waals surface area contributed by atoms with Gasteiger partial charge in [0.2, 0.25) is 10.0 Å². The molecule has 0 amide bonds. The monoisotopic (exact) mass is 345 g/mol. The van der Waals surface area contributed by atoms with Gasteiger partial charge < -0.3 is 4.90 Å². The van der Waals surface area contributed by atoms with E-state index in [1.165, 1.54) is 21.8 Å². The van der Waals surface area contributed by atoms with Crippen LogP contribution in [0, 0.1) is 0 Å². The first-order chi connectivity index (χ1) is 11.5. The molecule has 0 saturated heterocycles. The van der Waals surface area contributed by atoms with Crippen LogP contribution < -0.4 is 4.90 Å². The van der Waals surface area contributed by atoms with Gasteiger partial charge in [-0.1, -0.05) is 24.3 Å². The third-order valence-corrected chi connectivity index (χ3v) is 5.61. The molecule has 0 unspecified atom stereocenters. The van der Waals surface area contributed by atoms with Gasteiger partial charge in [0.15, 0.2) is 0 Å². The standard InChI is InChI=1S/C18H23N3O2S/c1-24(22,23)21(15-17-9-4-5-11-19-17)14-13-20-12-6-8-16-7-2-3-10-18(16)20/h2-5,7,9-11H,6,8,12-15H2,1H3. The van der Waals surface area contributed by atoms with Crippen molar-refractivity contribution in [3.63, 3.8) is 0 Å². The van der Waals surface area contributed by atoms with Gasteiger partial charge in [0.05, 0.1) is 18.5 Å². The summed E-state index contributed by atoms with van der Waals surface area (Å²) in [5, 5.41) is 0. The summed E-state index contributed by atoms with van der Waals surface area (Å²) >= 11 is 0. The van der Waals surface area contributed by atoms with Crippen molar-refractivity contribution in [2.24, 2.45) is 0 Å². The zero-order chi connectivity index (χ0) is 17.0. The Morgan fingerprint density at radius 1 is 1.17 bits per heavy atom. The third kappa shape index (κ3) is 4.13. The van der Waals surface area contributed by atoms with Crippen LogP contribution in [0.4, 0.5) is 5.69 Å². The zero-order valence-corrected chi connectivity index (χ0v) is 14.7. The molecule has 2 aromatic rings. The second kappa shape index (κ2) is 7.32. The first kappa shape index (κ1) is 16.9. The van der Waals surface area contributed by atoms with Gasteiger partial charge in [-0.15, -0.1) is 0 Å². The first-order valence-electron chi connectivity index (χ1n) is 8.22. The number of nitrogens with zero attached hydrogens (tertiary/aromatic N) is 3. The number of aromatic nitrogens is 1. The van der Waals surface area contributed by atoms with E-state index in [9.17, 15) is 8.42 Å². The molecule has 1 aliphatic rings. The lowest BCUT2D eigenvalue weighted by Gasteiger charge is -2.33. The minimum Gasteiger partial charge on any atom is -0.370 e. The maximum atomic E-state index is 12.1. The Morgan fingerprint density at radius 3 is 2.71 bits per heavy atom. The Morgan fingerprint density at radius 2 is 1.96 bits per heavy atom. The number of benzene rings is 1. The number of hydrogen-bond donors (Lipinski definition) is 0. The molecule has 0 N–H and O–H groups in total. The van der Waals surface area contributed by atoms with Crippen LogP contribution in [-0.4, -0.2) is 43.6 Å². The van der Waals surface area contributed by atoms with Crippen LogP contribution in [0.2, 0.25) is 0 Å². The Labute approximate surface area is 144 Å². The molecule has 0 atom stereocenters. The maximum Gasteiger partial charge on any atom is 0.211 e. The molecule has 3 rings (SSSR count). The highest BCUT2D eigenvalue weighted by Gasteiger charge is 2.21. The van der Waals surface area contributed by atoms with E-state index in [2.05, 4.69) is 28.1 Å². The number of fused-ring (bicyclic) bond motifs is 1. The number of hydrogen-bond acceptors (Lipinski definition) is 4. The number of aryl methyl sites for hydroxylation is 1. The van der Waals surface area contributed by atoms with Crippen LogP contribution in [0.3, 0.4) is 0 Å². The summed E-state index contributed by atoms with van der Waals surface area (Å²) < 4.78 is 25.8. The molecule has 1 aromatic carbocycles. The minimum atomic E-state index is -3.27. The Bertz CT molecular complexity index is 778. The zero-order valence-electron chi connectivity index (χ0n) is 13.9. The first-order valence-corrected chi connectivity index (χ1v) is 10.1. The minimum absolute atomic E-state index is 0.315. The molecule has 0 spiro atoms. The number of sulfonamides is 1. The van der Waals surface area contributed by atoms with Gasteiger partial charge in [0.25, 0.3) is 0 Å². The van der Waals surface area contributed by atoms with E-state index in [1.807, 2.05) is 24.3 Å². The van der Waals surface area contributed by atoms with E-state index in [0.29, 0.717) is 19.6 Å². The number of anilines is 1. The molecule has 128 valence electrons. The largest absolute Gasteiger partial charge is 0.370 e. The smallest absolute Gasteiger partial charge is 0.211 e. The second-order valence-electron chi connectivity index (χ2n) is 6.14. The average Bonchev–Trinajstić information content (AvgIpc) is 2.58. The molecule has 0 aliphatic carbocycles. The van der Waals surface area contributed by atoms with Crippen LogP contribution in [0.5, 0.6) is 0 Å². The lowest BCUT2D eigenvalue weighted by Crippen LogP contribution is -2.39. The van der Waals surface area contributed by atoms with Crippen molar-refractivity contribution >= 4 is 15.7 Å². The SMILES string of the molecule is CS(=O)(=O)N(CCN1CCCc2ccccc21)Cc1ccccn1. The summed E-state index contributed by atoms with van der Waals surface area (Å²) in [6.07, 6.45) is 5.16. The fourth-order valence-corrected chi connectivity index (χ4v) is 3.89. The van der Waals surface area contributed by atoms with E-state index in [-0.39, 0.29) is 0 Å². The lowest BCUT2D eigenvalue weighted by atomic mass is 10.0. The molecule has 1 aliphatic heterocycles. The lowest BCUT2D eigenvalue weighted by molar-refractivity contribution is 0.407. The van der Waals surface area contributed by atoms with Crippen LogP contribution in [0.1, 0.15) is 17.7 Å². The van der Waals surface area contributed by atoms with Crippen molar-refractivity contribution in [1.82, 2.24) is 9.29 Å². The Kier molecular flexibility index (Phi) is 5.16. The van der Waals surface area contributed by atoms with E-state index in [0.717, 1.165) is 25.1 Å². The van der Waals surface area contributed by atoms with Gasteiger partial charge >= 0.3 is 0 Å². The molecule has 0 saturated carbocycles. The van der Waals surface area contributed by atoms with Gasteiger partial charge in [-0.2, -0.15) is 4.31 Å². The predicted octanol–water partition coefficient (Wildman–Crippen LogP) is 2.30. The van der Waals surface area contributed by atoms with Gasteiger partial charge in [0.1, 0.15) is 0 Å². The van der Waals surface area contributed by atoms with Crippen molar-refractivity contribution in [2.45, 2.75) is 19.4 Å². The highest BCUT2D eigenvalue weighted by atomic mass is 32.2. The fourth-order valence-electron chi connectivity index (χ4n) is 3.11. The van der Waals surface area contributed by atoms with Gasteiger partial charge in [-0.05, 0) is 36.6 Å². The average molecular weight is 345 g/mol. The molecule has 0 bridgehead atoms. The summed E-state index contributed by atoms with van der Waals surface area (Å²) in [5.74, 6) is 0. The molecular weight excluding hydrogens is 322 g/mol. The second-order valence-corrected chi connectivity index (χ2v) is 8.12. The van der Waals surface area contributed by atoms with Crippen molar-refractivity contribution < 1.29 is 8.42 Å². The third-order valence-electron chi connectivity index (χ3n) is 4.36. The normalized spacial score (nSPS) is 14.7. The number of para-hydroxylation sites is 1. The Balaban J connectivity index is 1.71. The highest BCUT2D eigenvalue weighted by Crippen LogP contribution is 2.26. The highest BCUT2D eigenvalue weighted by molar-refractivity contribution is 7.88. The molecule has 6 heteroatoms. The molecule has 0 fully saturated rings. The van der Waals surface area contributed by atoms with Crippen molar-refractivity contribution in [3.05, 3.63) is 59.9 Å². The molecule has 5 nitrogen and oxygen atoms in total. The van der Waals surface area contributed by atoms with Crippen molar-refractivity contribution in [3.8, 4) is 0 Å². The van der Waals surface area contributed by atoms with Crippen LogP contribution in [-0.2, 0) is 23.0 Å². The molecule has 2 heterocycles. The van der Waals surface area contributed by atoms with E-state index in [1.54, 1.807) is 6.20 Å². The van der Waals surface area contributed by atoms with Gasteiger partial charge in [-0.3, -0.25) is 4.98 Å². The van der Waals surface area contributed by atoms with E-state index < -0.39 is 10.0 Å². The van der Waals surface area contributed by atoms with E-state index in [4.69, 9.17) is 0 Å². The van der Waals surface area contributed by atoms with Gasteiger partial charge in [-0.25, -0.2) is 8.42 Å². The van der Waals surface area contributed by atoms with Gasteiger partial charge in [0, 0.05) is 31.5 Å². The number of pyridine rings is 1. The van der Waals surface area contributed by atoms with Crippen LogP contribution in [0.15, 0.2) is 48.7 Å². The summed E-state index contributed by atoms with van der Waals surface area (Å²) in [4.78, 5) is 6.53. The molecule has 1 aromatic heterocycles. The van der Waals surface area contributed by atoms with Crippen molar-refractivity contribution in [1.29, 1.82) is 0 Å². The predicted molar refractivity (Wildman–Crippen MR) is 96.5 cm³/mol. The Hall–Kier alpha value is -1.92. The topological polar surface area (TPSA) is 53.5 Å². The molecule has 0 radical (unpaired) electrons. The van der Waals surface area contributed by atoms with Crippen LogP contribution >= 0.6 is 0 Å². The van der Waals surface area contributed by atoms with E-state index >= 15 is 0 Å². The maximum absolute atomic E-state index is 12.1. The summed E-state index contributed by atoms with van der Waals surface area (Å²) in [5.41, 5.74) is 3.34. The number of rotatable bonds is 6. The molecular formula is C18H23N3O2S. The summed E-state index contributed by atoms with van der Waals surface area (Å²) in [6, 6.07) is 13.9. The quantitative estimate of drug-likeness (QED) is 0.806. The fraction of sp³-hybridized carbons (Fsp3) is 0.389.